The molecule has 17 heavy (non-hydrogen) atoms. The summed E-state index contributed by atoms with van der Waals surface area (Å²) in [5, 5.41) is 0. The highest BCUT2D eigenvalue weighted by Gasteiger charge is 2.56. The topological polar surface area (TPSA) is 34.1 Å². The minimum absolute atomic E-state index is 0.143. The molecule has 0 bridgehead atoms. The third-order valence-corrected chi connectivity index (χ3v) is 2.15. The van der Waals surface area contributed by atoms with Gasteiger partial charge in [0, 0.05) is 19.3 Å². The van der Waals surface area contributed by atoms with Crippen molar-refractivity contribution in [2.75, 3.05) is 0 Å². The number of rotatable bonds is 7. The van der Waals surface area contributed by atoms with E-state index in [1.54, 1.807) is 0 Å². The number of carbonyl (C=O) groups is 2. The van der Waals surface area contributed by atoms with Crippen LogP contribution in [-0.2, 0) is 9.59 Å². The van der Waals surface area contributed by atoms with Gasteiger partial charge in [-0.1, -0.05) is 6.92 Å². The lowest BCUT2D eigenvalue weighted by Gasteiger charge is -2.18. The Balaban J connectivity index is 4.00. The summed E-state index contributed by atoms with van der Waals surface area (Å²) < 4.78 is 60.0. The van der Waals surface area contributed by atoms with Crippen molar-refractivity contribution >= 4 is 11.6 Å². The Kier molecular flexibility index (Phi) is 5.71. The molecule has 0 aliphatic heterocycles. The monoisotopic (exact) mass is 260 g/mol. The molecule has 0 aliphatic rings. The van der Waals surface area contributed by atoms with Crippen LogP contribution in [0.5, 0.6) is 0 Å². The van der Waals surface area contributed by atoms with Crippen molar-refractivity contribution in [1.29, 1.82) is 0 Å². The van der Waals surface area contributed by atoms with Crippen LogP contribution < -0.4 is 0 Å². The number of ketones is 2. The minimum atomic E-state index is -5.59. The highest BCUT2D eigenvalue weighted by atomic mass is 19.4. The molecule has 0 fully saturated rings. The lowest BCUT2D eigenvalue weighted by molar-refractivity contribution is -0.284. The fourth-order valence-electron chi connectivity index (χ4n) is 1.08. The second-order valence-electron chi connectivity index (χ2n) is 3.66. The van der Waals surface area contributed by atoms with E-state index in [0.29, 0.717) is 0 Å². The van der Waals surface area contributed by atoms with E-state index in [0.717, 1.165) is 0 Å². The van der Waals surface area contributed by atoms with Crippen molar-refractivity contribution in [3.8, 4) is 0 Å². The summed E-state index contributed by atoms with van der Waals surface area (Å²) in [6.45, 7) is 1.54. The van der Waals surface area contributed by atoms with Crippen LogP contribution in [0.1, 0.15) is 39.0 Å². The van der Waals surface area contributed by atoms with Gasteiger partial charge >= 0.3 is 12.1 Å². The summed E-state index contributed by atoms with van der Waals surface area (Å²) in [6.07, 6.45) is -8.28. The minimum Gasteiger partial charge on any atom is -0.299 e. The molecule has 0 N–H and O–H groups in total. The van der Waals surface area contributed by atoms with Gasteiger partial charge in [-0.05, 0) is 6.42 Å². The van der Waals surface area contributed by atoms with Crippen molar-refractivity contribution in [2.24, 2.45) is 0 Å². The third-order valence-electron chi connectivity index (χ3n) is 2.15. The van der Waals surface area contributed by atoms with Crippen LogP contribution in [0.3, 0.4) is 0 Å². The molecular formula is C10H13F5O2. The summed E-state index contributed by atoms with van der Waals surface area (Å²) >= 11 is 0. The van der Waals surface area contributed by atoms with Gasteiger partial charge in [0.25, 0.3) is 0 Å². The van der Waals surface area contributed by atoms with Gasteiger partial charge < -0.3 is 0 Å². The summed E-state index contributed by atoms with van der Waals surface area (Å²) in [6, 6.07) is 0. The van der Waals surface area contributed by atoms with Crippen molar-refractivity contribution in [2.45, 2.75) is 51.1 Å². The number of alkyl halides is 5. The Hall–Kier alpha value is -1.01. The first kappa shape index (κ1) is 16.0. The zero-order valence-electron chi connectivity index (χ0n) is 9.24. The van der Waals surface area contributed by atoms with Crippen molar-refractivity contribution in [3.63, 3.8) is 0 Å². The molecule has 0 atom stereocenters. The van der Waals surface area contributed by atoms with Crippen molar-refractivity contribution in [1.82, 2.24) is 0 Å². The zero-order chi connectivity index (χ0) is 13.7. The SMILES string of the molecule is CCC(=O)CC(=O)CCCC(F)(F)C(F)(F)F. The molecule has 0 aromatic carbocycles. The molecule has 0 heterocycles. The van der Waals surface area contributed by atoms with E-state index in [1.807, 2.05) is 0 Å². The Bertz CT molecular complexity index is 283. The van der Waals surface area contributed by atoms with Gasteiger partial charge in [0.2, 0.25) is 0 Å². The van der Waals surface area contributed by atoms with Crippen LogP contribution in [0.4, 0.5) is 22.0 Å². The fraction of sp³-hybridized carbons (Fsp3) is 0.800. The highest BCUT2D eigenvalue weighted by Crippen LogP contribution is 2.39. The number of hydrogen-bond acceptors (Lipinski definition) is 2. The van der Waals surface area contributed by atoms with E-state index in [2.05, 4.69) is 0 Å². The molecule has 0 aromatic heterocycles. The summed E-state index contributed by atoms with van der Waals surface area (Å²) in [7, 11) is 0. The molecule has 2 nitrogen and oxygen atoms in total. The summed E-state index contributed by atoms with van der Waals surface area (Å²) in [5.41, 5.74) is 0. The smallest absolute Gasteiger partial charge is 0.299 e. The first-order valence-electron chi connectivity index (χ1n) is 5.08. The van der Waals surface area contributed by atoms with E-state index in [9.17, 15) is 31.5 Å². The molecule has 0 aromatic rings. The van der Waals surface area contributed by atoms with Gasteiger partial charge in [-0.2, -0.15) is 22.0 Å². The molecule has 0 spiro atoms. The molecule has 0 radical (unpaired) electrons. The second kappa shape index (κ2) is 6.07. The molecule has 100 valence electrons. The van der Waals surface area contributed by atoms with Crippen LogP contribution >= 0.6 is 0 Å². The Labute approximate surface area is 95.2 Å². The Morgan fingerprint density at radius 3 is 1.94 bits per heavy atom. The number of carbonyl (C=O) groups excluding carboxylic acids is 2. The molecule has 0 saturated heterocycles. The standard InChI is InChI=1S/C10H13F5O2/c1-2-7(16)6-8(17)4-3-5-9(11,12)10(13,14)15/h2-6H2,1H3. The molecular weight excluding hydrogens is 247 g/mol. The van der Waals surface area contributed by atoms with E-state index in [4.69, 9.17) is 0 Å². The normalized spacial score (nSPS) is 12.6. The predicted octanol–water partition coefficient (Wildman–Crippen LogP) is 3.29. The molecule has 0 aliphatic carbocycles. The van der Waals surface area contributed by atoms with Crippen LogP contribution in [-0.4, -0.2) is 23.7 Å². The number of hydrogen-bond donors (Lipinski definition) is 0. The Morgan fingerprint density at radius 2 is 1.53 bits per heavy atom. The lowest BCUT2D eigenvalue weighted by Crippen LogP contribution is -2.36. The maximum absolute atomic E-state index is 12.4. The molecule has 0 amide bonds. The quantitative estimate of drug-likeness (QED) is 0.520. The largest absolute Gasteiger partial charge is 0.453 e. The Morgan fingerprint density at radius 1 is 1.00 bits per heavy atom. The summed E-state index contributed by atoms with van der Waals surface area (Å²) in [5.74, 6) is -5.73. The number of halogens is 5. The molecule has 0 saturated carbocycles. The maximum atomic E-state index is 12.4. The van der Waals surface area contributed by atoms with Crippen molar-refractivity contribution < 1.29 is 31.5 Å². The lowest BCUT2D eigenvalue weighted by atomic mass is 10.0. The van der Waals surface area contributed by atoms with E-state index in [1.165, 1.54) is 6.92 Å². The molecule has 7 heteroatoms. The molecule has 0 rings (SSSR count). The van der Waals surface area contributed by atoms with Crippen LogP contribution in [0.15, 0.2) is 0 Å². The van der Waals surface area contributed by atoms with Crippen LogP contribution in [0, 0.1) is 0 Å². The predicted molar refractivity (Wildman–Crippen MR) is 49.8 cm³/mol. The maximum Gasteiger partial charge on any atom is 0.453 e. The summed E-state index contributed by atoms with van der Waals surface area (Å²) in [4.78, 5) is 21.8. The fourth-order valence-corrected chi connectivity index (χ4v) is 1.08. The number of Topliss-reactive ketones (excluding diaryl/α,β-unsaturated/α-hetero) is 2. The van der Waals surface area contributed by atoms with Gasteiger partial charge in [-0.3, -0.25) is 9.59 Å². The first-order valence-corrected chi connectivity index (χ1v) is 5.08. The average Bonchev–Trinajstić information content (AvgIpc) is 2.15. The first-order chi connectivity index (χ1) is 7.60. The van der Waals surface area contributed by atoms with Crippen LogP contribution in [0.2, 0.25) is 0 Å². The van der Waals surface area contributed by atoms with Crippen LogP contribution in [0.25, 0.3) is 0 Å². The second-order valence-corrected chi connectivity index (χ2v) is 3.66. The zero-order valence-corrected chi connectivity index (χ0v) is 9.24. The van der Waals surface area contributed by atoms with E-state index >= 15 is 0 Å². The average molecular weight is 260 g/mol. The third kappa shape index (κ3) is 5.74. The molecule has 0 unspecified atom stereocenters. The van der Waals surface area contributed by atoms with Gasteiger partial charge in [-0.25, -0.2) is 0 Å². The van der Waals surface area contributed by atoms with E-state index in [-0.39, 0.29) is 12.2 Å². The van der Waals surface area contributed by atoms with E-state index < -0.39 is 43.6 Å². The van der Waals surface area contributed by atoms with Gasteiger partial charge in [-0.15, -0.1) is 0 Å². The van der Waals surface area contributed by atoms with Crippen molar-refractivity contribution in [3.05, 3.63) is 0 Å². The van der Waals surface area contributed by atoms with Gasteiger partial charge in [0.1, 0.15) is 11.6 Å². The van der Waals surface area contributed by atoms with Gasteiger partial charge in [0.05, 0.1) is 6.42 Å². The highest BCUT2D eigenvalue weighted by molar-refractivity contribution is 5.98. The van der Waals surface area contributed by atoms with Gasteiger partial charge in [0.15, 0.2) is 0 Å².